The molecule has 1 aliphatic heterocycles. The zero-order chi connectivity index (χ0) is 12.4. The first-order valence-corrected chi connectivity index (χ1v) is 6.49. The van der Waals surface area contributed by atoms with E-state index in [9.17, 15) is 4.79 Å². The molecule has 17 heavy (non-hydrogen) atoms. The lowest BCUT2D eigenvalue weighted by molar-refractivity contribution is -0.117. The molecule has 1 atom stereocenters. The maximum Gasteiger partial charge on any atom is 0.231 e. The highest BCUT2D eigenvalue weighted by atomic mass is 35.5. The molecule has 0 saturated carbocycles. The molecule has 1 aliphatic rings. The summed E-state index contributed by atoms with van der Waals surface area (Å²) < 4.78 is 10.5. The van der Waals surface area contributed by atoms with Gasteiger partial charge < -0.3 is 15.2 Å². The van der Waals surface area contributed by atoms with Crippen LogP contribution in [0.1, 0.15) is 12.5 Å². The van der Waals surface area contributed by atoms with Crippen LogP contribution < -0.4 is 15.2 Å². The molecule has 0 aromatic heterocycles. The van der Waals surface area contributed by atoms with E-state index in [1.54, 1.807) is 6.92 Å². The quantitative estimate of drug-likeness (QED) is 0.913. The number of amides is 1. The summed E-state index contributed by atoms with van der Waals surface area (Å²) in [5, 5.41) is 0.307. The zero-order valence-electron chi connectivity index (χ0n) is 9.23. The standard InChI is InChI=1S/C11H12ClNO3S/c1-6(11(13)14)17-4-7-2-8(12)10-9(3-7)15-5-16-10/h2-3,6H,4-5H2,1H3,(H2,13,14). The number of primary amides is 1. The minimum absolute atomic E-state index is 0.198. The van der Waals surface area contributed by atoms with Crippen LogP contribution in [0.4, 0.5) is 0 Å². The van der Waals surface area contributed by atoms with Gasteiger partial charge in [-0.3, -0.25) is 4.79 Å². The highest BCUT2D eigenvalue weighted by molar-refractivity contribution is 7.99. The van der Waals surface area contributed by atoms with E-state index in [0.29, 0.717) is 22.3 Å². The largest absolute Gasteiger partial charge is 0.454 e. The highest BCUT2D eigenvalue weighted by Crippen LogP contribution is 2.40. The van der Waals surface area contributed by atoms with E-state index in [2.05, 4.69) is 0 Å². The third kappa shape index (κ3) is 2.79. The Balaban J connectivity index is 2.07. The molecule has 1 aromatic rings. The van der Waals surface area contributed by atoms with Crippen molar-refractivity contribution in [2.75, 3.05) is 6.79 Å². The molecular weight excluding hydrogens is 262 g/mol. The van der Waals surface area contributed by atoms with Gasteiger partial charge in [0.25, 0.3) is 0 Å². The Kier molecular flexibility index (Phi) is 3.69. The average Bonchev–Trinajstić information content (AvgIpc) is 2.74. The molecule has 0 spiro atoms. The van der Waals surface area contributed by atoms with Crippen molar-refractivity contribution in [3.8, 4) is 11.5 Å². The van der Waals surface area contributed by atoms with E-state index in [1.165, 1.54) is 11.8 Å². The van der Waals surface area contributed by atoms with E-state index in [4.69, 9.17) is 26.8 Å². The van der Waals surface area contributed by atoms with Gasteiger partial charge in [0.05, 0.1) is 10.3 Å². The van der Waals surface area contributed by atoms with Crippen LogP contribution in [0.2, 0.25) is 5.02 Å². The van der Waals surface area contributed by atoms with Gasteiger partial charge in [0.15, 0.2) is 11.5 Å². The second kappa shape index (κ2) is 5.06. The molecule has 1 heterocycles. The van der Waals surface area contributed by atoms with Crippen molar-refractivity contribution < 1.29 is 14.3 Å². The topological polar surface area (TPSA) is 61.6 Å². The smallest absolute Gasteiger partial charge is 0.231 e. The predicted octanol–water partition coefficient (Wildman–Crippen LogP) is 2.18. The van der Waals surface area contributed by atoms with Crippen molar-refractivity contribution in [1.29, 1.82) is 0 Å². The number of hydrogen-bond acceptors (Lipinski definition) is 4. The maximum absolute atomic E-state index is 10.9. The summed E-state index contributed by atoms with van der Waals surface area (Å²) in [4.78, 5) is 10.9. The van der Waals surface area contributed by atoms with Crippen LogP contribution in [-0.2, 0) is 10.5 Å². The van der Waals surface area contributed by atoms with E-state index >= 15 is 0 Å². The number of fused-ring (bicyclic) bond motifs is 1. The maximum atomic E-state index is 10.9. The van der Waals surface area contributed by atoms with Gasteiger partial charge in [-0.1, -0.05) is 11.6 Å². The Morgan fingerprint density at radius 3 is 3.06 bits per heavy atom. The summed E-state index contributed by atoms with van der Waals surface area (Å²) in [5.74, 6) is 1.57. The molecule has 2 rings (SSSR count). The lowest BCUT2D eigenvalue weighted by Crippen LogP contribution is -2.22. The van der Waals surface area contributed by atoms with Gasteiger partial charge in [0, 0.05) is 5.75 Å². The fourth-order valence-corrected chi connectivity index (χ4v) is 2.47. The van der Waals surface area contributed by atoms with E-state index < -0.39 is 0 Å². The lowest BCUT2D eigenvalue weighted by atomic mass is 10.2. The first kappa shape index (κ1) is 12.4. The Hall–Kier alpha value is -1.07. The van der Waals surface area contributed by atoms with E-state index in [1.807, 2.05) is 12.1 Å². The number of ether oxygens (including phenoxy) is 2. The van der Waals surface area contributed by atoms with Crippen molar-refractivity contribution >= 4 is 29.3 Å². The number of halogens is 1. The van der Waals surface area contributed by atoms with Gasteiger partial charge in [-0.2, -0.15) is 0 Å². The molecule has 1 aromatic carbocycles. The number of carbonyl (C=O) groups is 1. The number of carbonyl (C=O) groups excluding carboxylic acids is 1. The van der Waals surface area contributed by atoms with Crippen molar-refractivity contribution in [3.05, 3.63) is 22.7 Å². The number of hydrogen-bond donors (Lipinski definition) is 1. The van der Waals surface area contributed by atoms with Crippen LogP contribution in [-0.4, -0.2) is 18.0 Å². The summed E-state index contributed by atoms with van der Waals surface area (Å²) in [7, 11) is 0. The summed E-state index contributed by atoms with van der Waals surface area (Å²) >= 11 is 7.51. The fourth-order valence-electron chi connectivity index (χ4n) is 1.41. The van der Waals surface area contributed by atoms with Crippen LogP contribution in [0.3, 0.4) is 0 Å². The Morgan fingerprint density at radius 2 is 2.35 bits per heavy atom. The average molecular weight is 274 g/mol. The first-order valence-electron chi connectivity index (χ1n) is 5.07. The Morgan fingerprint density at radius 1 is 1.59 bits per heavy atom. The molecule has 0 fully saturated rings. The van der Waals surface area contributed by atoms with Gasteiger partial charge in [-0.05, 0) is 24.6 Å². The van der Waals surface area contributed by atoms with Crippen LogP contribution in [0.5, 0.6) is 11.5 Å². The fraction of sp³-hybridized carbons (Fsp3) is 0.364. The molecule has 0 aliphatic carbocycles. The van der Waals surface area contributed by atoms with Gasteiger partial charge >= 0.3 is 0 Å². The second-order valence-corrected chi connectivity index (χ2v) is 5.40. The molecule has 1 amide bonds. The van der Waals surface area contributed by atoms with Gasteiger partial charge in [-0.15, -0.1) is 11.8 Å². The molecule has 92 valence electrons. The number of thioether (sulfide) groups is 1. The summed E-state index contributed by atoms with van der Waals surface area (Å²) in [6, 6.07) is 3.69. The molecular formula is C11H12ClNO3S. The van der Waals surface area contributed by atoms with Crippen LogP contribution in [0, 0.1) is 0 Å². The zero-order valence-corrected chi connectivity index (χ0v) is 10.8. The van der Waals surface area contributed by atoms with Crippen molar-refractivity contribution in [2.45, 2.75) is 17.9 Å². The van der Waals surface area contributed by atoms with E-state index in [0.717, 1.165) is 5.56 Å². The Bertz CT molecular complexity index is 453. The minimum atomic E-state index is -0.318. The molecule has 4 nitrogen and oxygen atoms in total. The normalized spacial score (nSPS) is 14.7. The van der Waals surface area contributed by atoms with Crippen LogP contribution in [0.25, 0.3) is 0 Å². The van der Waals surface area contributed by atoms with Crippen LogP contribution >= 0.6 is 23.4 Å². The predicted molar refractivity (Wildman–Crippen MR) is 67.5 cm³/mol. The number of benzene rings is 1. The third-order valence-electron chi connectivity index (χ3n) is 2.39. The second-order valence-electron chi connectivity index (χ2n) is 3.67. The SMILES string of the molecule is CC(SCc1cc(Cl)c2c(c1)OCO2)C(N)=O. The monoisotopic (exact) mass is 273 g/mol. The molecule has 1 unspecified atom stereocenters. The van der Waals surface area contributed by atoms with Gasteiger partial charge in [0.1, 0.15) is 0 Å². The van der Waals surface area contributed by atoms with Crippen molar-refractivity contribution in [2.24, 2.45) is 5.73 Å². The molecule has 6 heteroatoms. The van der Waals surface area contributed by atoms with Crippen molar-refractivity contribution in [3.63, 3.8) is 0 Å². The first-order chi connectivity index (χ1) is 8.08. The van der Waals surface area contributed by atoms with Gasteiger partial charge in [-0.25, -0.2) is 0 Å². The summed E-state index contributed by atoms with van der Waals surface area (Å²) in [5.41, 5.74) is 6.17. The lowest BCUT2D eigenvalue weighted by Gasteiger charge is -2.08. The Labute approximate surface area is 108 Å². The van der Waals surface area contributed by atoms with Gasteiger partial charge in [0.2, 0.25) is 12.7 Å². The molecule has 0 saturated heterocycles. The van der Waals surface area contributed by atoms with Crippen LogP contribution in [0.15, 0.2) is 12.1 Å². The molecule has 2 N–H and O–H groups in total. The number of rotatable bonds is 4. The van der Waals surface area contributed by atoms with E-state index in [-0.39, 0.29) is 18.0 Å². The molecule has 0 bridgehead atoms. The van der Waals surface area contributed by atoms with Crippen molar-refractivity contribution in [1.82, 2.24) is 0 Å². The highest BCUT2D eigenvalue weighted by Gasteiger charge is 2.18. The summed E-state index contributed by atoms with van der Waals surface area (Å²) in [6.07, 6.45) is 0. The third-order valence-corrected chi connectivity index (χ3v) is 3.90. The number of nitrogens with two attached hydrogens (primary N) is 1. The molecule has 0 radical (unpaired) electrons. The summed E-state index contributed by atoms with van der Waals surface area (Å²) in [6.45, 7) is 1.98. The minimum Gasteiger partial charge on any atom is -0.454 e.